The van der Waals surface area contributed by atoms with Gasteiger partial charge in [0.05, 0.1) is 31.9 Å². The fourth-order valence-electron chi connectivity index (χ4n) is 3.38. The molecular weight excluding hydrogens is 395 g/mol. The molecule has 1 aromatic heterocycles. The number of nitrogens with zero attached hydrogens (tertiary/aromatic N) is 3. The van der Waals surface area contributed by atoms with E-state index in [4.69, 9.17) is 16.3 Å². The molecule has 1 amide bonds. The van der Waals surface area contributed by atoms with Crippen LogP contribution in [0.2, 0.25) is 5.02 Å². The van der Waals surface area contributed by atoms with Gasteiger partial charge in [0.1, 0.15) is 5.82 Å². The highest BCUT2D eigenvalue weighted by molar-refractivity contribution is 6.31. The molecule has 1 fully saturated rings. The highest BCUT2D eigenvalue weighted by atomic mass is 35.5. The Morgan fingerprint density at radius 3 is 2.76 bits per heavy atom. The second-order valence-electron chi connectivity index (χ2n) is 7.16. The highest BCUT2D eigenvalue weighted by Gasteiger charge is 2.18. The number of ether oxygens (including phenoxy) is 1. The topological polar surface area (TPSA) is 59.4 Å². The molecule has 2 heterocycles. The van der Waals surface area contributed by atoms with Gasteiger partial charge in [0.25, 0.3) is 0 Å². The number of nitrogens with one attached hydrogen (secondary N) is 1. The summed E-state index contributed by atoms with van der Waals surface area (Å²) >= 11 is 6.01. The fourth-order valence-corrected chi connectivity index (χ4v) is 3.61. The van der Waals surface area contributed by atoms with E-state index in [1.165, 1.54) is 12.1 Å². The number of aromatic nitrogens is 2. The molecule has 0 saturated carbocycles. The van der Waals surface area contributed by atoms with Crippen molar-refractivity contribution >= 4 is 17.5 Å². The maximum atomic E-state index is 13.1. The van der Waals surface area contributed by atoms with E-state index in [0.717, 1.165) is 35.7 Å². The quantitative estimate of drug-likeness (QED) is 0.748. The van der Waals surface area contributed by atoms with E-state index in [1.807, 2.05) is 18.5 Å². The van der Waals surface area contributed by atoms with E-state index in [0.29, 0.717) is 30.3 Å². The lowest BCUT2D eigenvalue weighted by Gasteiger charge is -2.30. The molecule has 0 spiro atoms. The van der Waals surface area contributed by atoms with Gasteiger partial charge in [-0.15, -0.1) is 0 Å². The molecule has 0 radical (unpaired) electrons. The summed E-state index contributed by atoms with van der Waals surface area (Å²) in [6.07, 6.45) is 0.223. The number of benzene rings is 1. The highest BCUT2D eigenvalue weighted by Crippen LogP contribution is 2.18. The second kappa shape index (κ2) is 9.41. The van der Waals surface area contributed by atoms with E-state index in [-0.39, 0.29) is 18.9 Å². The SMILES string of the molecule is C=C(Cn1nc(C)c(CC(=O)NCc2ccc(F)cc2Cl)c1C)N1CCOCC1. The van der Waals surface area contributed by atoms with Crippen molar-refractivity contribution in [1.82, 2.24) is 20.0 Å². The molecule has 1 aromatic carbocycles. The Hall–Kier alpha value is -2.38. The van der Waals surface area contributed by atoms with E-state index < -0.39 is 5.82 Å². The summed E-state index contributed by atoms with van der Waals surface area (Å²) in [6.45, 7) is 12.0. The molecule has 1 aliphatic heterocycles. The minimum Gasteiger partial charge on any atom is -0.378 e. The number of halogens is 2. The number of hydrogen-bond acceptors (Lipinski definition) is 4. The third-order valence-corrected chi connectivity index (χ3v) is 5.50. The Labute approximate surface area is 175 Å². The van der Waals surface area contributed by atoms with Gasteiger partial charge in [-0.3, -0.25) is 9.48 Å². The Balaban J connectivity index is 1.60. The first kappa shape index (κ1) is 21.3. The van der Waals surface area contributed by atoms with E-state index >= 15 is 0 Å². The van der Waals surface area contributed by atoms with Crippen LogP contribution < -0.4 is 5.32 Å². The number of hydrogen-bond donors (Lipinski definition) is 1. The van der Waals surface area contributed by atoms with Gasteiger partial charge in [0.2, 0.25) is 5.91 Å². The van der Waals surface area contributed by atoms with Crippen LogP contribution in [0.25, 0.3) is 0 Å². The molecule has 6 nitrogen and oxygen atoms in total. The van der Waals surface area contributed by atoms with Gasteiger partial charge in [0, 0.05) is 41.6 Å². The number of carbonyl (C=O) groups is 1. The zero-order valence-corrected chi connectivity index (χ0v) is 17.6. The lowest BCUT2D eigenvalue weighted by Crippen LogP contribution is -2.36. The first-order chi connectivity index (χ1) is 13.8. The Kier molecular flexibility index (Phi) is 6.92. The number of morpholine rings is 1. The molecule has 1 saturated heterocycles. The van der Waals surface area contributed by atoms with Crippen molar-refractivity contribution in [2.24, 2.45) is 0 Å². The number of allylic oxidation sites excluding steroid dienone is 1. The monoisotopic (exact) mass is 420 g/mol. The Morgan fingerprint density at radius 2 is 2.07 bits per heavy atom. The third kappa shape index (κ3) is 5.36. The summed E-state index contributed by atoms with van der Waals surface area (Å²) in [7, 11) is 0. The Morgan fingerprint density at radius 1 is 1.34 bits per heavy atom. The van der Waals surface area contributed by atoms with Crippen molar-refractivity contribution in [1.29, 1.82) is 0 Å². The zero-order chi connectivity index (χ0) is 21.0. The van der Waals surface area contributed by atoms with Crippen molar-refractivity contribution in [3.05, 3.63) is 63.8 Å². The lowest BCUT2D eigenvalue weighted by molar-refractivity contribution is -0.120. The number of rotatable bonds is 7. The summed E-state index contributed by atoms with van der Waals surface area (Å²) < 4.78 is 20.4. The lowest BCUT2D eigenvalue weighted by atomic mass is 10.1. The minimum atomic E-state index is -0.401. The van der Waals surface area contributed by atoms with Crippen LogP contribution in [0.15, 0.2) is 30.5 Å². The molecule has 1 N–H and O–H groups in total. The molecule has 0 aliphatic carbocycles. The van der Waals surface area contributed by atoms with E-state index in [1.54, 1.807) is 6.07 Å². The molecule has 1 aliphatic rings. The van der Waals surface area contributed by atoms with Gasteiger partial charge >= 0.3 is 0 Å². The van der Waals surface area contributed by atoms with Crippen LogP contribution in [-0.2, 0) is 29.0 Å². The molecular formula is C21H26ClFN4O2. The van der Waals surface area contributed by atoms with Gasteiger partial charge < -0.3 is 15.0 Å². The van der Waals surface area contributed by atoms with Crippen molar-refractivity contribution in [2.45, 2.75) is 33.4 Å². The molecule has 0 bridgehead atoms. The van der Waals surface area contributed by atoms with Crippen LogP contribution in [0.1, 0.15) is 22.5 Å². The molecule has 0 unspecified atom stereocenters. The standard InChI is InChI=1S/C21H26ClFN4O2/c1-14(26-6-8-29-9-7-26)13-27-16(3)19(15(2)25-27)11-21(28)24-12-17-4-5-18(23)10-20(17)22/h4-5,10H,1,6-9,11-13H2,2-3H3,(H,24,28). The zero-order valence-electron chi connectivity index (χ0n) is 16.8. The van der Waals surface area contributed by atoms with E-state index in [9.17, 15) is 9.18 Å². The van der Waals surface area contributed by atoms with Crippen molar-refractivity contribution in [2.75, 3.05) is 26.3 Å². The first-order valence-electron chi connectivity index (χ1n) is 9.59. The van der Waals surface area contributed by atoms with Gasteiger partial charge in [-0.2, -0.15) is 5.10 Å². The molecule has 0 atom stereocenters. The van der Waals surface area contributed by atoms with Crippen LogP contribution in [0, 0.1) is 19.7 Å². The average Bonchev–Trinajstić information content (AvgIpc) is 2.95. The summed E-state index contributed by atoms with van der Waals surface area (Å²) in [5.41, 5.74) is 4.34. The van der Waals surface area contributed by atoms with Crippen molar-refractivity contribution < 1.29 is 13.9 Å². The number of aryl methyl sites for hydroxylation is 1. The van der Waals surface area contributed by atoms with Gasteiger partial charge in [-0.05, 0) is 31.5 Å². The largest absolute Gasteiger partial charge is 0.378 e. The predicted molar refractivity (Wildman–Crippen MR) is 110 cm³/mol. The average molecular weight is 421 g/mol. The predicted octanol–water partition coefficient (Wildman–Crippen LogP) is 3.00. The van der Waals surface area contributed by atoms with Gasteiger partial charge in [-0.1, -0.05) is 24.2 Å². The second-order valence-corrected chi connectivity index (χ2v) is 7.57. The summed E-state index contributed by atoms with van der Waals surface area (Å²) in [5.74, 6) is -0.537. The summed E-state index contributed by atoms with van der Waals surface area (Å²) in [6, 6.07) is 4.14. The van der Waals surface area contributed by atoms with Crippen molar-refractivity contribution in [3.8, 4) is 0 Å². The maximum absolute atomic E-state index is 13.1. The van der Waals surface area contributed by atoms with Crippen LogP contribution in [0.3, 0.4) is 0 Å². The third-order valence-electron chi connectivity index (χ3n) is 5.15. The smallest absolute Gasteiger partial charge is 0.224 e. The molecule has 8 heteroatoms. The summed E-state index contributed by atoms with van der Waals surface area (Å²) in [5, 5.41) is 7.73. The maximum Gasteiger partial charge on any atom is 0.224 e. The first-order valence-corrected chi connectivity index (χ1v) is 9.97. The minimum absolute atomic E-state index is 0.136. The van der Waals surface area contributed by atoms with Crippen molar-refractivity contribution in [3.63, 3.8) is 0 Å². The molecule has 2 aromatic rings. The Bertz CT molecular complexity index is 906. The van der Waals surface area contributed by atoms with Crippen LogP contribution in [0.4, 0.5) is 4.39 Å². The molecule has 156 valence electrons. The normalized spacial score (nSPS) is 14.1. The van der Waals surface area contributed by atoms with Crippen LogP contribution in [-0.4, -0.2) is 46.9 Å². The number of carbonyl (C=O) groups excluding carboxylic acids is 1. The molecule has 3 rings (SSSR count). The van der Waals surface area contributed by atoms with Gasteiger partial charge in [-0.25, -0.2) is 4.39 Å². The number of amides is 1. The van der Waals surface area contributed by atoms with Crippen LogP contribution in [0.5, 0.6) is 0 Å². The fraction of sp³-hybridized carbons (Fsp3) is 0.429. The summed E-state index contributed by atoms with van der Waals surface area (Å²) in [4.78, 5) is 14.6. The van der Waals surface area contributed by atoms with Crippen LogP contribution >= 0.6 is 11.6 Å². The van der Waals surface area contributed by atoms with Gasteiger partial charge in [0.15, 0.2) is 0 Å². The van der Waals surface area contributed by atoms with E-state index in [2.05, 4.69) is 21.9 Å². The molecule has 29 heavy (non-hydrogen) atoms.